The zero-order chi connectivity index (χ0) is 28.2. The average molecular weight is 592 g/mol. The zero-order valence-corrected chi connectivity index (χ0v) is 24.0. The molecular formula is C27H30ClN3O6S2. The van der Waals surface area contributed by atoms with Gasteiger partial charge in [0.2, 0.25) is 15.9 Å². The molecule has 1 heterocycles. The Kier molecular flexibility index (Phi) is 8.85. The Labute approximate surface area is 234 Å². The van der Waals surface area contributed by atoms with Crippen molar-refractivity contribution < 1.29 is 26.4 Å². The number of aryl methyl sites for hydroxylation is 1. The van der Waals surface area contributed by atoms with Gasteiger partial charge < -0.3 is 10.1 Å². The fourth-order valence-electron chi connectivity index (χ4n) is 4.29. The van der Waals surface area contributed by atoms with Gasteiger partial charge in [-0.05, 0) is 74.4 Å². The highest BCUT2D eigenvalue weighted by atomic mass is 35.5. The van der Waals surface area contributed by atoms with Gasteiger partial charge in [-0.15, -0.1) is 0 Å². The Morgan fingerprint density at radius 3 is 2.15 bits per heavy atom. The molecule has 9 nitrogen and oxygen atoms in total. The number of piperidine rings is 1. The molecule has 0 atom stereocenters. The van der Waals surface area contributed by atoms with E-state index in [0.717, 1.165) is 29.1 Å². The quantitative estimate of drug-likeness (QED) is 0.387. The van der Waals surface area contributed by atoms with Crippen LogP contribution in [-0.4, -0.2) is 53.8 Å². The first-order valence-electron chi connectivity index (χ1n) is 12.4. The van der Waals surface area contributed by atoms with Crippen molar-refractivity contribution in [2.75, 3.05) is 36.4 Å². The van der Waals surface area contributed by atoms with Gasteiger partial charge in [0.05, 0.1) is 22.6 Å². The number of ether oxygens (including phenoxy) is 1. The van der Waals surface area contributed by atoms with E-state index in [1.165, 1.54) is 59.9 Å². The topological polar surface area (TPSA) is 113 Å². The maximum absolute atomic E-state index is 13.7. The lowest BCUT2D eigenvalue weighted by Crippen LogP contribution is -2.38. The summed E-state index contributed by atoms with van der Waals surface area (Å²) in [7, 11) is -6.43. The molecule has 0 aromatic heterocycles. The highest BCUT2D eigenvalue weighted by molar-refractivity contribution is 7.93. The Hall–Kier alpha value is -3.12. The van der Waals surface area contributed by atoms with E-state index in [1.54, 1.807) is 18.2 Å². The summed E-state index contributed by atoms with van der Waals surface area (Å²) >= 11 is 6.18. The number of benzene rings is 3. The molecule has 1 N–H and O–H groups in total. The van der Waals surface area contributed by atoms with Gasteiger partial charge in [0.15, 0.2) is 0 Å². The van der Waals surface area contributed by atoms with Gasteiger partial charge in [-0.25, -0.2) is 16.8 Å². The lowest BCUT2D eigenvalue weighted by Gasteiger charge is -2.26. The molecule has 3 aromatic carbocycles. The smallest absolute Gasteiger partial charge is 0.264 e. The van der Waals surface area contributed by atoms with Gasteiger partial charge in [-0.3, -0.25) is 9.10 Å². The maximum Gasteiger partial charge on any atom is 0.264 e. The monoisotopic (exact) mass is 591 g/mol. The molecule has 1 fully saturated rings. The third kappa shape index (κ3) is 6.55. The minimum Gasteiger partial charge on any atom is -0.495 e. The predicted octanol–water partition coefficient (Wildman–Crippen LogP) is 4.67. The van der Waals surface area contributed by atoms with E-state index in [1.807, 2.05) is 6.92 Å². The molecule has 0 radical (unpaired) electrons. The number of sulfonamides is 2. The Bertz CT molecular complexity index is 1540. The van der Waals surface area contributed by atoms with E-state index in [9.17, 15) is 21.6 Å². The molecular weight excluding hydrogens is 562 g/mol. The van der Waals surface area contributed by atoms with Crippen LogP contribution in [0.5, 0.6) is 5.75 Å². The van der Waals surface area contributed by atoms with E-state index < -0.39 is 32.5 Å². The highest BCUT2D eigenvalue weighted by Crippen LogP contribution is 2.35. The number of hydrogen-bond acceptors (Lipinski definition) is 6. The summed E-state index contributed by atoms with van der Waals surface area (Å²) in [6, 6.07) is 16.6. The third-order valence-corrected chi connectivity index (χ3v) is 10.3. The minimum atomic E-state index is -4.20. The number of rotatable bonds is 9. The minimum absolute atomic E-state index is 0.00444. The molecule has 0 spiro atoms. The summed E-state index contributed by atoms with van der Waals surface area (Å²) in [6.45, 7) is 2.23. The van der Waals surface area contributed by atoms with E-state index in [4.69, 9.17) is 16.3 Å². The fourth-order valence-corrected chi connectivity index (χ4v) is 7.40. The highest BCUT2D eigenvalue weighted by Gasteiger charge is 2.30. The molecule has 1 aliphatic rings. The Morgan fingerprint density at radius 2 is 1.54 bits per heavy atom. The van der Waals surface area contributed by atoms with Crippen molar-refractivity contribution in [1.29, 1.82) is 0 Å². The molecule has 1 aliphatic heterocycles. The molecule has 0 bridgehead atoms. The van der Waals surface area contributed by atoms with E-state index >= 15 is 0 Å². The molecule has 0 unspecified atom stereocenters. The van der Waals surface area contributed by atoms with Crippen molar-refractivity contribution in [3.63, 3.8) is 0 Å². The lowest BCUT2D eigenvalue weighted by atomic mass is 10.2. The summed E-state index contributed by atoms with van der Waals surface area (Å²) < 4.78 is 61.0. The van der Waals surface area contributed by atoms with Gasteiger partial charge in [0.1, 0.15) is 12.3 Å². The molecule has 12 heteroatoms. The van der Waals surface area contributed by atoms with Crippen LogP contribution in [-0.2, 0) is 24.8 Å². The molecule has 1 amide bonds. The van der Waals surface area contributed by atoms with Crippen molar-refractivity contribution in [3.8, 4) is 5.75 Å². The van der Waals surface area contributed by atoms with E-state index in [2.05, 4.69) is 5.32 Å². The molecule has 208 valence electrons. The first kappa shape index (κ1) is 28.9. The summed E-state index contributed by atoms with van der Waals surface area (Å²) in [4.78, 5) is 13.3. The first-order chi connectivity index (χ1) is 18.5. The number of carbonyl (C=O) groups excluding carboxylic acids is 1. The SMILES string of the molecule is COc1ccc(Cl)cc1N(CC(=O)Nc1ccc(S(=O)(=O)N2CCCCC2)cc1)S(=O)(=O)c1ccc(C)cc1. The van der Waals surface area contributed by atoms with Crippen LogP contribution >= 0.6 is 11.6 Å². The molecule has 0 aliphatic carbocycles. The summed E-state index contributed by atoms with van der Waals surface area (Å²) in [5, 5.41) is 2.92. The van der Waals surface area contributed by atoms with Crippen molar-refractivity contribution >= 4 is 48.9 Å². The number of halogens is 1. The van der Waals surface area contributed by atoms with Crippen LogP contribution in [0.15, 0.2) is 76.5 Å². The molecule has 0 saturated carbocycles. The van der Waals surface area contributed by atoms with Crippen LogP contribution in [0, 0.1) is 6.92 Å². The number of methoxy groups -OCH3 is 1. The van der Waals surface area contributed by atoms with Crippen molar-refractivity contribution in [2.24, 2.45) is 0 Å². The van der Waals surface area contributed by atoms with Crippen molar-refractivity contribution in [2.45, 2.75) is 36.0 Å². The number of nitrogens with one attached hydrogen (secondary N) is 1. The number of amides is 1. The lowest BCUT2D eigenvalue weighted by molar-refractivity contribution is -0.114. The molecule has 39 heavy (non-hydrogen) atoms. The number of anilines is 2. The van der Waals surface area contributed by atoms with Gasteiger partial charge >= 0.3 is 0 Å². The maximum atomic E-state index is 13.7. The average Bonchev–Trinajstić information content (AvgIpc) is 2.92. The van der Waals surface area contributed by atoms with E-state index in [-0.39, 0.29) is 26.3 Å². The fraction of sp³-hybridized carbons (Fsp3) is 0.296. The summed E-state index contributed by atoms with van der Waals surface area (Å²) in [6.07, 6.45) is 2.66. The van der Waals surface area contributed by atoms with Crippen LogP contribution in [0.25, 0.3) is 0 Å². The predicted molar refractivity (Wildman–Crippen MR) is 151 cm³/mol. The number of nitrogens with zero attached hydrogens (tertiary/aromatic N) is 2. The standard InChI is InChI=1S/C27H30ClN3O6S2/c1-20-6-11-24(12-7-20)39(35,36)31(25-18-21(28)8-15-26(25)37-2)19-27(32)29-22-9-13-23(14-10-22)38(33,34)30-16-4-3-5-17-30/h6-15,18H,3-5,16-17,19H2,1-2H3,(H,29,32). The van der Waals surface area contributed by atoms with Crippen molar-refractivity contribution in [1.82, 2.24) is 4.31 Å². The normalized spacial score (nSPS) is 14.5. The Balaban J connectivity index is 1.59. The Morgan fingerprint density at radius 1 is 0.923 bits per heavy atom. The van der Waals surface area contributed by atoms with Gasteiger partial charge in [0, 0.05) is 23.8 Å². The largest absolute Gasteiger partial charge is 0.495 e. The van der Waals surface area contributed by atoms with Crippen LogP contribution in [0.4, 0.5) is 11.4 Å². The van der Waals surface area contributed by atoms with Crippen LogP contribution in [0.1, 0.15) is 24.8 Å². The van der Waals surface area contributed by atoms with Crippen LogP contribution in [0.3, 0.4) is 0 Å². The first-order valence-corrected chi connectivity index (χ1v) is 15.6. The van der Waals surface area contributed by atoms with Crippen LogP contribution in [0.2, 0.25) is 5.02 Å². The van der Waals surface area contributed by atoms with Gasteiger partial charge in [-0.2, -0.15) is 4.31 Å². The van der Waals surface area contributed by atoms with E-state index in [0.29, 0.717) is 18.8 Å². The number of carbonyl (C=O) groups is 1. The van der Waals surface area contributed by atoms with Gasteiger partial charge in [0.25, 0.3) is 10.0 Å². The summed E-state index contributed by atoms with van der Waals surface area (Å²) in [5.74, 6) is -0.422. The second kappa shape index (κ2) is 12.0. The van der Waals surface area contributed by atoms with Crippen LogP contribution < -0.4 is 14.4 Å². The summed E-state index contributed by atoms with van der Waals surface area (Å²) in [5.41, 5.74) is 1.30. The second-order valence-corrected chi connectivity index (χ2v) is 13.4. The van der Waals surface area contributed by atoms with Crippen molar-refractivity contribution in [3.05, 3.63) is 77.3 Å². The third-order valence-electron chi connectivity index (χ3n) is 6.40. The van der Waals surface area contributed by atoms with Gasteiger partial charge in [-0.1, -0.05) is 35.7 Å². The molecule has 3 aromatic rings. The zero-order valence-electron chi connectivity index (χ0n) is 21.6. The second-order valence-electron chi connectivity index (χ2n) is 9.18. The molecule has 4 rings (SSSR count). The number of hydrogen-bond donors (Lipinski definition) is 1. The molecule has 1 saturated heterocycles.